The van der Waals surface area contributed by atoms with Gasteiger partial charge >= 0.3 is 0 Å². The number of para-hydroxylation sites is 1. The third-order valence-corrected chi connectivity index (χ3v) is 4.62. The molecule has 5 heteroatoms. The summed E-state index contributed by atoms with van der Waals surface area (Å²) in [4.78, 5) is 21.4. The number of nitrogens with zero attached hydrogens (tertiary/aromatic N) is 2. The molecule has 2 aromatic carbocycles. The van der Waals surface area contributed by atoms with Crippen molar-refractivity contribution in [2.75, 3.05) is 5.32 Å². The number of carbonyl (C=O) groups is 1. The average Bonchev–Trinajstić information content (AvgIpc) is 2.62. The zero-order valence-electron chi connectivity index (χ0n) is 13.4. The van der Waals surface area contributed by atoms with Crippen LogP contribution in [-0.2, 0) is 6.42 Å². The smallest absolute Gasteiger partial charge is 0.227 e. The first-order chi connectivity index (χ1) is 12.2. The van der Waals surface area contributed by atoms with Gasteiger partial charge < -0.3 is 5.32 Å². The van der Waals surface area contributed by atoms with Gasteiger partial charge in [0.15, 0.2) is 5.78 Å². The Balaban J connectivity index is 1.63. The predicted octanol–water partition coefficient (Wildman–Crippen LogP) is 4.79. The van der Waals surface area contributed by atoms with Gasteiger partial charge in [-0.1, -0.05) is 41.9 Å². The highest BCUT2D eigenvalue weighted by Gasteiger charge is 2.28. The highest BCUT2D eigenvalue weighted by molar-refractivity contribution is 6.30. The SMILES string of the molecule is O=C1CC(c2cccc(Cl)c2)Cc2nc(Nc3ccccc3)ncc21. The molecular formula is C20H16ClN3O. The quantitative estimate of drug-likeness (QED) is 0.738. The van der Waals surface area contributed by atoms with Gasteiger partial charge in [0.2, 0.25) is 5.95 Å². The third-order valence-electron chi connectivity index (χ3n) is 4.39. The second-order valence-corrected chi connectivity index (χ2v) is 6.56. The molecule has 3 aromatic rings. The summed E-state index contributed by atoms with van der Waals surface area (Å²) in [5, 5.41) is 3.86. The molecule has 0 spiro atoms. The van der Waals surface area contributed by atoms with Crippen molar-refractivity contribution in [3.63, 3.8) is 0 Å². The van der Waals surface area contributed by atoms with Crippen LogP contribution >= 0.6 is 11.6 Å². The van der Waals surface area contributed by atoms with E-state index >= 15 is 0 Å². The standard InChI is InChI=1S/C20H16ClN3O/c21-15-6-4-5-13(9-15)14-10-18-17(19(25)11-14)12-22-20(24-18)23-16-7-2-1-3-8-16/h1-9,12,14H,10-11H2,(H,22,23,24). The fraction of sp³-hybridized carbons (Fsp3) is 0.150. The van der Waals surface area contributed by atoms with E-state index in [9.17, 15) is 4.79 Å². The molecule has 1 unspecified atom stereocenters. The van der Waals surface area contributed by atoms with Gasteiger partial charge in [-0.25, -0.2) is 9.97 Å². The van der Waals surface area contributed by atoms with Crippen molar-refractivity contribution in [1.82, 2.24) is 9.97 Å². The molecule has 4 nitrogen and oxygen atoms in total. The normalized spacial score (nSPS) is 16.4. The zero-order valence-corrected chi connectivity index (χ0v) is 14.2. The van der Waals surface area contributed by atoms with Gasteiger partial charge in [0.1, 0.15) is 0 Å². The summed E-state index contributed by atoms with van der Waals surface area (Å²) in [5.41, 5.74) is 3.39. The summed E-state index contributed by atoms with van der Waals surface area (Å²) in [5.74, 6) is 0.681. The number of halogens is 1. The summed E-state index contributed by atoms with van der Waals surface area (Å²) >= 11 is 6.10. The molecule has 0 amide bonds. The van der Waals surface area contributed by atoms with Crippen molar-refractivity contribution in [2.24, 2.45) is 0 Å². The molecule has 1 atom stereocenters. The van der Waals surface area contributed by atoms with E-state index in [0.717, 1.165) is 16.9 Å². The van der Waals surface area contributed by atoms with Crippen molar-refractivity contribution in [2.45, 2.75) is 18.8 Å². The first-order valence-electron chi connectivity index (χ1n) is 8.16. The lowest BCUT2D eigenvalue weighted by atomic mass is 9.82. The van der Waals surface area contributed by atoms with E-state index in [1.54, 1.807) is 6.20 Å². The van der Waals surface area contributed by atoms with Gasteiger partial charge in [-0.3, -0.25) is 4.79 Å². The Morgan fingerprint density at radius 1 is 1.04 bits per heavy atom. The molecule has 0 saturated carbocycles. The van der Waals surface area contributed by atoms with Crippen molar-refractivity contribution in [1.29, 1.82) is 0 Å². The first-order valence-corrected chi connectivity index (χ1v) is 8.53. The van der Waals surface area contributed by atoms with Crippen LogP contribution in [0, 0.1) is 0 Å². The molecule has 1 aromatic heterocycles. The van der Waals surface area contributed by atoms with E-state index in [4.69, 9.17) is 11.6 Å². The number of fused-ring (bicyclic) bond motifs is 1. The van der Waals surface area contributed by atoms with E-state index in [0.29, 0.717) is 29.4 Å². The lowest BCUT2D eigenvalue weighted by Gasteiger charge is -2.23. The maximum absolute atomic E-state index is 12.5. The number of hydrogen-bond donors (Lipinski definition) is 1. The molecule has 1 aliphatic rings. The molecule has 0 bridgehead atoms. The van der Waals surface area contributed by atoms with Gasteiger partial charge in [0, 0.05) is 23.3 Å². The number of anilines is 2. The molecule has 0 saturated heterocycles. The van der Waals surface area contributed by atoms with E-state index < -0.39 is 0 Å². The van der Waals surface area contributed by atoms with Crippen LogP contribution in [0.3, 0.4) is 0 Å². The van der Waals surface area contributed by atoms with Crippen LogP contribution in [0.4, 0.5) is 11.6 Å². The minimum atomic E-state index is 0.0810. The highest BCUT2D eigenvalue weighted by Crippen LogP contribution is 2.33. The molecule has 25 heavy (non-hydrogen) atoms. The second-order valence-electron chi connectivity index (χ2n) is 6.13. The van der Waals surface area contributed by atoms with Crippen LogP contribution in [0.1, 0.15) is 34.0 Å². The lowest BCUT2D eigenvalue weighted by Crippen LogP contribution is -2.21. The van der Waals surface area contributed by atoms with Gasteiger partial charge in [0.25, 0.3) is 0 Å². The Bertz CT molecular complexity index is 927. The molecule has 1 aliphatic carbocycles. The van der Waals surface area contributed by atoms with Crippen molar-refractivity contribution in [3.05, 3.63) is 82.6 Å². The van der Waals surface area contributed by atoms with Crippen LogP contribution in [0.5, 0.6) is 0 Å². The maximum Gasteiger partial charge on any atom is 0.227 e. The number of nitrogens with one attached hydrogen (secondary N) is 1. The molecule has 0 fully saturated rings. The van der Waals surface area contributed by atoms with Gasteiger partial charge in [-0.05, 0) is 42.2 Å². The molecular weight excluding hydrogens is 334 g/mol. The van der Waals surface area contributed by atoms with Crippen molar-refractivity contribution >= 4 is 29.0 Å². The third kappa shape index (κ3) is 3.39. The number of hydrogen-bond acceptors (Lipinski definition) is 4. The van der Waals surface area contributed by atoms with Crippen LogP contribution in [0.2, 0.25) is 5.02 Å². The monoisotopic (exact) mass is 349 g/mol. The Morgan fingerprint density at radius 2 is 1.88 bits per heavy atom. The summed E-state index contributed by atoms with van der Waals surface area (Å²) < 4.78 is 0. The highest BCUT2D eigenvalue weighted by atomic mass is 35.5. The molecule has 0 radical (unpaired) electrons. The number of Topliss-reactive ketones (excluding diaryl/α,β-unsaturated/α-hetero) is 1. The maximum atomic E-state index is 12.5. The Kier molecular flexibility index (Phi) is 4.20. The number of aromatic nitrogens is 2. The van der Waals surface area contributed by atoms with E-state index in [1.807, 2.05) is 54.6 Å². The number of ketones is 1. The summed E-state index contributed by atoms with van der Waals surface area (Å²) in [6, 6.07) is 17.4. The molecule has 1 N–H and O–H groups in total. The van der Waals surface area contributed by atoms with Crippen LogP contribution in [-0.4, -0.2) is 15.8 Å². The van der Waals surface area contributed by atoms with Crippen LogP contribution < -0.4 is 5.32 Å². The lowest BCUT2D eigenvalue weighted by molar-refractivity contribution is 0.0962. The van der Waals surface area contributed by atoms with Gasteiger partial charge in [0.05, 0.1) is 11.3 Å². The largest absolute Gasteiger partial charge is 0.324 e. The fourth-order valence-electron chi connectivity index (χ4n) is 3.15. The molecule has 4 rings (SSSR count). The van der Waals surface area contributed by atoms with E-state index in [2.05, 4.69) is 15.3 Å². The topological polar surface area (TPSA) is 54.9 Å². The second kappa shape index (κ2) is 6.65. The number of carbonyl (C=O) groups excluding carboxylic acids is 1. The van der Waals surface area contributed by atoms with E-state index in [1.165, 1.54) is 0 Å². The Labute approximate surface area is 150 Å². The minimum Gasteiger partial charge on any atom is -0.324 e. The Hall–Kier alpha value is -2.72. The zero-order chi connectivity index (χ0) is 17.2. The molecule has 1 heterocycles. The van der Waals surface area contributed by atoms with Crippen molar-refractivity contribution in [3.8, 4) is 0 Å². The summed E-state index contributed by atoms with van der Waals surface area (Å²) in [6.45, 7) is 0. The summed E-state index contributed by atoms with van der Waals surface area (Å²) in [6.07, 6.45) is 2.79. The molecule has 0 aliphatic heterocycles. The van der Waals surface area contributed by atoms with Gasteiger partial charge in [-0.15, -0.1) is 0 Å². The van der Waals surface area contributed by atoms with Crippen LogP contribution in [0.25, 0.3) is 0 Å². The Morgan fingerprint density at radius 3 is 2.68 bits per heavy atom. The minimum absolute atomic E-state index is 0.0810. The van der Waals surface area contributed by atoms with Crippen molar-refractivity contribution < 1.29 is 4.79 Å². The predicted molar refractivity (Wildman–Crippen MR) is 98.6 cm³/mol. The number of benzene rings is 2. The summed E-state index contributed by atoms with van der Waals surface area (Å²) in [7, 11) is 0. The molecule has 124 valence electrons. The van der Waals surface area contributed by atoms with Gasteiger partial charge in [-0.2, -0.15) is 0 Å². The first kappa shape index (κ1) is 15.8. The van der Waals surface area contributed by atoms with Crippen LogP contribution in [0.15, 0.2) is 60.8 Å². The number of rotatable bonds is 3. The average molecular weight is 350 g/mol. The van der Waals surface area contributed by atoms with E-state index in [-0.39, 0.29) is 11.7 Å². The fourth-order valence-corrected chi connectivity index (χ4v) is 3.35.